The van der Waals surface area contributed by atoms with Crippen LogP contribution < -0.4 is 10.7 Å². The summed E-state index contributed by atoms with van der Waals surface area (Å²) < 4.78 is 3.70. The normalized spacial score (nSPS) is 14.6. The number of hydrogen-bond donors (Lipinski definition) is 2. The summed E-state index contributed by atoms with van der Waals surface area (Å²) in [5.74, 6) is -0.335. The fourth-order valence-electron chi connectivity index (χ4n) is 4.60. The number of carbonyl (C=O) groups excluding carboxylic acids is 1. The molecule has 2 N–H and O–H groups in total. The van der Waals surface area contributed by atoms with Crippen LogP contribution in [0.5, 0.6) is 5.75 Å². The Morgan fingerprint density at radius 3 is 2.28 bits per heavy atom. The third-order valence-electron chi connectivity index (χ3n) is 6.06. The molecule has 0 saturated carbocycles. The number of aromatic nitrogens is 3. The van der Waals surface area contributed by atoms with Crippen LogP contribution in [0.15, 0.2) is 83.9 Å². The Bertz CT molecular complexity index is 1300. The van der Waals surface area contributed by atoms with Crippen LogP contribution in [0.1, 0.15) is 33.6 Å². The number of rotatable bonds is 4. The van der Waals surface area contributed by atoms with E-state index in [0.717, 1.165) is 11.1 Å². The van der Waals surface area contributed by atoms with Crippen LogP contribution in [0, 0.1) is 0 Å². The summed E-state index contributed by atoms with van der Waals surface area (Å²) in [6, 6.07) is 21.4. The first-order valence-electron chi connectivity index (χ1n) is 10.4. The Balaban J connectivity index is 1.78. The number of hydrogen-bond acceptors (Lipinski definition) is 4. The van der Waals surface area contributed by atoms with Crippen LogP contribution in [0.3, 0.4) is 0 Å². The summed E-state index contributed by atoms with van der Waals surface area (Å²) >= 11 is 0. The van der Waals surface area contributed by atoms with Crippen molar-refractivity contribution in [1.29, 1.82) is 0 Å². The quantitative estimate of drug-likeness (QED) is 0.525. The van der Waals surface area contributed by atoms with Gasteiger partial charge in [-0.05, 0) is 11.1 Å². The maximum Gasteiger partial charge on any atom is 0.269 e. The van der Waals surface area contributed by atoms with Gasteiger partial charge in [-0.3, -0.25) is 9.59 Å². The Hall–Kier alpha value is -4.13. The highest BCUT2D eigenvalue weighted by Gasteiger charge is 2.36. The maximum atomic E-state index is 12.5. The lowest BCUT2D eigenvalue weighted by Gasteiger charge is -2.36. The van der Waals surface area contributed by atoms with Crippen molar-refractivity contribution >= 4 is 5.91 Å². The van der Waals surface area contributed by atoms with Crippen molar-refractivity contribution in [2.24, 2.45) is 0 Å². The van der Waals surface area contributed by atoms with Crippen molar-refractivity contribution in [3.8, 4) is 17.3 Å². The van der Waals surface area contributed by atoms with E-state index in [1.807, 2.05) is 41.0 Å². The van der Waals surface area contributed by atoms with Gasteiger partial charge in [-0.15, -0.1) is 0 Å². The van der Waals surface area contributed by atoms with Gasteiger partial charge in [0.1, 0.15) is 11.4 Å². The van der Waals surface area contributed by atoms with Crippen LogP contribution in [-0.4, -0.2) is 32.2 Å². The van der Waals surface area contributed by atoms with E-state index in [-0.39, 0.29) is 23.6 Å². The summed E-state index contributed by atoms with van der Waals surface area (Å²) in [5.41, 5.74) is 2.41. The summed E-state index contributed by atoms with van der Waals surface area (Å²) in [7, 11) is 1.56. The smallest absolute Gasteiger partial charge is 0.269 e. The van der Waals surface area contributed by atoms with E-state index in [1.54, 1.807) is 17.8 Å². The first-order chi connectivity index (χ1) is 15.6. The fraction of sp³-hybridized carbons (Fsp3) is 0.160. The third kappa shape index (κ3) is 3.10. The Morgan fingerprint density at radius 2 is 1.69 bits per heavy atom. The molecular formula is C25H22N4O3. The van der Waals surface area contributed by atoms with E-state index >= 15 is 0 Å². The summed E-state index contributed by atoms with van der Waals surface area (Å²) in [4.78, 5) is 29.2. The minimum atomic E-state index is -0.482. The highest BCUT2D eigenvalue weighted by atomic mass is 16.3. The van der Waals surface area contributed by atoms with Gasteiger partial charge in [0.25, 0.3) is 5.91 Å². The molecule has 0 bridgehead atoms. The van der Waals surface area contributed by atoms with Crippen LogP contribution in [0.25, 0.3) is 11.5 Å². The second-order valence-electron chi connectivity index (χ2n) is 7.81. The molecule has 0 spiro atoms. The predicted octanol–water partition coefficient (Wildman–Crippen LogP) is 3.16. The summed E-state index contributed by atoms with van der Waals surface area (Å²) in [6.45, 7) is 0.446. The Labute approximate surface area is 184 Å². The van der Waals surface area contributed by atoms with Gasteiger partial charge in [-0.25, -0.2) is 4.98 Å². The molecule has 2 aromatic heterocycles. The van der Waals surface area contributed by atoms with Crippen molar-refractivity contribution in [2.45, 2.75) is 18.5 Å². The molecule has 0 unspecified atom stereocenters. The molecule has 1 atom stereocenters. The topological polar surface area (TPSA) is 89.2 Å². The molecule has 3 heterocycles. The van der Waals surface area contributed by atoms with Crippen molar-refractivity contribution in [3.63, 3.8) is 0 Å². The molecule has 1 aliphatic rings. The van der Waals surface area contributed by atoms with Crippen LogP contribution in [0.4, 0.5) is 0 Å². The van der Waals surface area contributed by atoms with E-state index in [4.69, 9.17) is 0 Å². The number of nitrogens with one attached hydrogen (secondary N) is 1. The first kappa shape index (κ1) is 19.8. The van der Waals surface area contributed by atoms with Crippen molar-refractivity contribution in [1.82, 2.24) is 19.4 Å². The molecule has 0 fully saturated rings. The predicted molar refractivity (Wildman–Crippen MR) is 121 cm³/mol. The average molecular weight is 426 g/mol. The maximum absolute atomic E-state index is 12.5. The standard InChI is InChI=1S/C25H22N4O3/c1-26-25(32)18-14-27-24-22-23(31)20(30)12-13-28(22)19(15-29(18)24)21(16-8-4-2-5-9-16)17-10-6-3-7-11-17/h2-14,19,21,31H,15H2,1H3,(H,26,32)/t19-/m1/s1. The van der Waals surface area contributed by atoms with Gasteiger partial charge in [-0.1, -0.05) is 60.7 Å². The van der Waals surface area contributed by atoms with Gasteiger partial charge >= 0.3 is 0 Å². The average Bonchev–Trinajstić information content (AvgIpc) is 3.26. The zero-order chi connectivity index (χ0) is 22.2. The highest BCUT2D eigenvalue weighted by Crippen LogP contribution is 2.43. The molecule has 7 heteroatoms. The number of amides is 1. The van der Waals surface area contributed by atoms with E-state index in [9.17, 15) is 14.7 Å². The molecule has 0 aliphatic carbocycles. The SMILES string of the molecule is CNC(=O)c1cnc2n1C[C@H](C(c1ccccc1)c1ccccc1)n1ccc(=O)c(O)c1-2. The largest absolute Gasteiger partial charge is 0.503 e. The number of imidazole rings is 1. The molecule has 7 nitrogen and oxygen atoms in total. The number of carbonyl (C=O) groups is 1. The lowest BCUT2D eigenvalue weighted by Crippen LogP contribution is -2.33. The zero-order valence-electron chi connectivity index (χ0n) is 17.5. The van der Waals surface area contributed by atoms with Gasteiger partial charge in [0.2, 0.25) is 5.43 Å². The van der Waals surface area contributed by atoms with Gasteiger partial charge in [0.05, 0.1) is 12.2 Å². The highest BCUT2D eigenvalue weighted by molar-refractivity contribution is 5.93. The lowest BCUT2D eigenvalue weighted by molar-refractivity contribution is 0.0952. The van der Waals surface area contributed by atoms with Gasteiger partial charge in [0.15, 0.2) is 11.6 Å². The van der Waals surface area contributed by atoms with Crippen molar-refractivity contribution in [3.05, 3.63) is 106 Å². The molecule has 5 rings (SSSR count). The number of benzene rings is 2. The van der Waals surface area contributed by atoms with E-state index < -0.39 is 5.43 Å². The Morgan fingerprint density at radius 1 is 1.06 bits per heavy atom. The molecule has 1 amide bonds. The lowest BCUT2D eigenvalue weighted by atomic mass is 9.83. The minimum absolute atomic E-state index is 0.0915. The van der Waals surface area contributed by atoms with Crippen molar-refractivity contribution < 1.29 is 9.90 Å². The zero-order valence-corrected chi connectivity index (χ0v) is 17.5. The molecule has 32 heavy (non-hydrogen) atoms. The van der Waals surface area contributed by atoms with Crippen LogP contribution in [-0.2, 0) is 6.54 Å². The van der Waals surface area contributed by atoms with Crippen LogP contribution in [0.2, 0.25) is 0 Å². The number of nitrogens with zero attached hydrogens (tertiary/aromatic N) is 3. The molecule has 4 aromatic rings. The molecular weight excluding hydrogens is 404 g/mol. The van der Waals surface area contributed by atoms with E-state index in [0.29, 0.717) is 23.8 Å². The summed E-state index contributed by atoms with van der Waals surface area (Å²) in [6.07, 6.45) is 3.19. The third-order valence-corrected chi connectivity index (χ3v) is 6.06. The monoisotopic (exact) mass is 426 g/mol. The van der Waals surface area contributed by atoms with E-state index in [1.165, 1.54) is 12.3 Å². The number of pyridine rings is 1. The molecule has 160 valence electrons. The minimum Gasteiger partial charge on any atom is -0.503 e. The molecule has 0 saturated heterocycles. The molecule has 1 aliphatic heterocycles. The molecule has 0 radical (unpaired) electrons. The number of aromatic hydroxyl groups is 1. The van der Waals surface area contributed by atoms with Gasteiger partial charge in [0, 0.05) is 31.8 Å². The van der Waals surface area contributed by atoms with Gasteiger partial charge < -0.3 is 19.6 Å². The second-order valence-corrected chi connectivity index (χ2v) is 7.81. The van der Waals surface area contributed by atoms with Crippen LogP contribution >= 0.6 is 0 Å². The van der Waals surface area contributed by atoms with Gasteiger partial charge in [-0.2, -0.15) is 0 Å². The molecule has 2 aromatic carbocycles. The summed E-state index contributed by atoms with van der Waals surface area (Å²) in [5, 5.41) is 13.4. The number of fused-ring (bicyclic) bond motifs is 3. The first-order valence-corrected chi connectivity index (χ1v) is 10.4. The fourth-order valence-corrected chi connectivity index (χ4v) is 4.60. The Kier molecular flexibility index (Phi) is 4.86. The van der Waals surface area contributed by atoms with Crippen molar-refractivity contribution in [2.75, 3.05) is 7.05 Å². The van der Waals surface area contributed by atoms with E-state index in [2.05, 4.69) is 34.6 Å². The second kappa shape index (κ2) is 7.85.